The molecule has 1 amide bonds. The third-order valence-corrected chi connectivity index (χ3v) is 2.51. The van der Waals surface area contributed by atoms with E-state index in [9.17, 15) is 4.79 Å². The molecule has 0 spiro atoms. The summed E-state index contributed by atoms with van der Waals surface area (Å²) in [6, 6.07) is 10.3. The molecule has 5 nitrogen and oxygen atoms in total. The molecule has 0 bridgehead atoms. The number of hydrogen-bond donors (Lipinski definition) is 1. The predicted octanol–water partition coefficient (Wildman–Crippen LogP) is 2.35. The van der Waals surface area contributed by atoms with Crippen LogP contribution in [-0.4, -0.2) is 25.1 Å². The Morgan fingerprint density at radius 2 is 1.79 bits per heavy atom. The van der Waals surface area contributed by atoms with Crippen molar-refractivity contribution >= 4 is 11.6 Å². The number of methoxy groups -OCH3 is 2. The fraction of sp³-hybridized carbons (Fsp3) is 0.143. The van der Waals surface area contributed by atoms with Crippen LogP contribution in [0.2, 0.25) is 0 Å². The summed E-state index contributed by atoms with van der Waals surface area (Å²) in [6.07, 6.45) is 1.57. The second kappa shape index (κ2) is 5.86. The number of ether oxygens (including phenoxy) is 2. The summed E-state index contributed by atoms with van der Waals surface area (Å²) in [4.78, 5) is 15.9. The lowest BCUT2D eigenvalue weighted by molar-refractivity contribution is 0.102. The Labute approximate surface area is 111 Å². The summed E-state index contributed by atoms with van der Waals surface area (Å²) in [6.45, 7) is 0. The topological polar surface area (TPSA) is 60.5 Å². The SMILES string of the molecule is COc1cc(NC(=O)c2ccccn2)cc(OC)c1. The number of amides is 1. The predicted molar refractivity (Wildman–Crippen MR) is 71.7 cm³/mol. The third kappa shape index (κ3) is 3.22. The number of pyridine rings is 1. The molecule has 2 aromatic rings. The van der Waals surface area contributed by atoms with Gasteiger partial charge in [0.1, 0.15) is 17.2 Å². The van der Waals surface area contributed by atoms with E-state index in [0.29, 0.717) is 22.9 Å². The lowest BCUT2D eigenvalue weighted by Gasteiger charge is -2.09. The van der Waals surface area contributed by atoms with Crippen LogP contribution in [0.25, 0.3) is 0 Å². The zero-order valence-corrected chi connectivity index (χ0v) is 10.7. The van der Waals surface area contributed by atoms with E-state index in [1.165, 1.54) is 0 Å². The van der Waals surface area contributed by atoms with Gasteiger partial charge in [-0.25, -0.2) is 0 Å². The quantitative estimate of drug-likeness (QED) is 0.914. The lowest BCUT2D eigenvalue weighted by Crippen LogP contribution is -2.13. The summed E-state index contributed by atoms with van der Waals surface area (Å²) in [5.41, 5.74) is 0.941. The van der Waals surface area contributed by atoms with Crippen molar-refractivity contribution in [1.82, 2.24) is 4.98 Å². The standard InChI is InChI=1S/C14H14N2O3/c1-18-11-7-10(8-12(9-11)19-2)16-14(17)13-5-3-4-6-15-13/h3-9H,1-2H3,(H,16,17). The average molecular weight is 258 g/mol. The summed E-state index contributed by atoms with van der Waals surface area (Å²) in [7, 11) is 3.11. The van der Waals surface area contributed by atoms with E-state index in [0.717, 1.165) is 0 Å². The van der Waals surface area contributed by atoms with Crippen LogP contribution in [0.15, 0.2) is 42.6 Å². The van der Waals surface area contributed by atoms with Crippen LogP contribution < -0.4 is 14.8 Å². The van der Waals surface area contributed by atoms with Gasteiger partial charge in [0.2, 0.25) is 0 Å². The Bertz CT molecular complexity index is 548. The van der Waals surface area contributed by atoms with Crippen LogP contribution >= 0.6 is 0 Å². The fourth-order valence-electron chi connectivity index (χ4n) is 1.57. The molecule has 1 aromatic heterocycles. The zero-order valence-electron chi connectivity index (χ0n) is 10.7. The first kappa shape index (κ1) is 12.9. The molecule has 0 fully saturated rings. The summed E-state index contributed by atoms with van der Waals surface area (Å²) < 4.78 is 10.3. The van der Waals surface area contributed by atoms with Gasteiger partial charge in [-0.3, -0.25) is 9.78 Å². The maximum atomic E-state index is 12.0. The molecule has 5 heteroatoms. The van der Waals surface area contributed by atoms with E-state index < -0.39 is 0 Å². The smallest absolute Gasteiger partial charge is 0.274 e. The van der Waals surface area contributed by atoms with Gasteiger partial charge in [-0.05, 0) is 12.1 Å². The molecule has 0 saturated heterocycles. The van der Waals surface area contributed by atoms with Gasteiger partial charge in [0.25, 0.3) is 5.91 Å². The van der Waals surface area contributed by atoms with E-state index in [1.54, 1.807) is 56.8 Å². The molecular formula is C14H14N2O3. The van der Waals surface area contributed by atoms with Gasteiger partial charge in [-0.1, -0.05) is 6.07 Å². The van der Waals surface area contributed by atoms with Crippen molar-refractivity contribution in [1.29, 1.82) is 0 Å². The van der Waals surface area contributed by atoms with Crippen LogP contribution in [0, 0.1) is 0 Å². The van der Waals surface area contributed by atoms with Gasteiger partial charge in [-0.2, -0.15) is 0 Å². The Balaban J connectivity index is 2.21. The molecule has 98 valence electrons. The van der Waals surface area contributed by atoms with Crippen molar-refractivity contribution in [2.75, 3.05) is 19.5 Å². The highest BCUT2D eigenvalue weighted by Crippen LogP contribution is 2.25. The number of carbonyl (C=O) groups excluding carboxylic acids is 1. The molecule has 0 aliphatic heterocycles. The van der Waals surface area contributed by atoms with Gasteiger partial charge in [0, 0.05) is 30.1 Å². The molecule has 1 heterocycles. The van der Waals surface area contributed by atoms with Gasteiger partial charge >= 0.3 is 0 Å². The summed E-state index contributed by atoms with van der Waals surface area (Å²) >= 11 is 0. The summed E-state index contributed by atoms with van der Waals surface area (Å²) in [5, 5.41) is 2.75. The van der Waals surface area contributed by atoms with Gasteiger partial charge in [0.15, 0.2) is 0 Å². The number of anilines is 1. The van der Waals surface area contributed by atoms with Gasteiger partial charge < -0.3 is 14.8 Å². The van der Waals surface area contributed by atoms with E-state index >= 15 is 0 Å². The first-order valence-corrected chi connectivity index (χ1v) is 5.68. The molecule has 0 radical (unpaired) electrons. The molecular weight excluding hydrogens is 244 g/mol. The molecule has 0 aliphatic carbocycles. The normalized spacial score (nSPS) is 9.79. The van der Waals surface area contributed by atoms with Gasteiger partial charge in [-0.15, -0.1) is 0 Å². The molecule has 0 saturated carbocycles. The van der Waals surface area contributed by atoms with Crippen LogP contribution in [-0.2, 0) is 0 Å². The minimum absolute atomic E-state index is 0.282. The monoisotopic (exact) mass is 258 g/mol. The molecule has 0 aliphatic rings. The Hall–Kier alpha value is -2.56. The highest BCUT2D eigenvalue weighted by molar-refractivity contribution is 6.03. The first-order valence-electron chi connectivity index (χ1n) is 5.68. The van der Waals surface area contributed by atoms with Crippen molar-refractivity contribution in [3.8, 4) is 11.5 Å². The van der Waals surface area contributed by atoms with Crippen LogP contribution in [0.4, 0.5) is 5.69 Å². The second-order valence-electron chi connectivity index (χ2n) is 3.77. The lowest BCUT2D eigenvalue weighted by atomic mass is 10.2. The Kier molecular flexibility index (Phi) is 3.97. The number of nitrogens with zero attached hydrogens (tertiary/aromatic N) is 1. The number of carbonyl (C=O) groups is 1. The Morgan fingerprint density at radius 1 is 1.11 bits per heavy atom. The molecule has 1 aromatic carbocycles. The maximum absolute atomic E-state index is 12.0. The minimum atomic E-state index is -0.282. The number of benzene rings is 1. The third-order valence-electron chi connectivity index (χ3n) is 2.51. The van der Waals surface area contributed by atoms with Crippen LogP contribution in [0.3, 0.4) is 0 Å². The van der Waals surface area contributed by atoms with Crippen molar-refractivity contribution in [2.24, 2.45) is 0 Å². The average Bonchev–Trinajstić information content (AvgIpc) is 2.47. The molecule has 0 unspecified atom stereocenters. The zero-order chi connectivity index (χ0) is 13.7. The molecule has 0 atom stereocenters. The largest absolute Gasteiger partial charge is 0.497 e. The number of nitrogens with one attached hydrogen (secondary N) is 1. The van der Waals surface area contributed by atoms with Crippen molar-refractivity contribution in [2.45, 2.75) is 0 Å². The van der Waals surface area contributed by atoms with Crippen molar-refractivity contribution in [3.63, 3.8) is 0 Å². The van der Waals surface area contributed by atoms with E-state index in [-0.39, 0.29) is 5.91 Å². The first-order chi connectivity index (χ1) is 9.22. The fourth-order valence-corrected chi connectivity index (χ4v) is 1.57. The van der Waals surface area contributed by atoms with E-state index in [2.05, 4.69) is 10.3 Å². The molecule has 1 N–H and O–H groups in total. The minimum Gasteiger partial charge on any atom is -0.497 e. The van der Waals surface area contributed by atoms with E-state index in [1.807, 2.05) is 0 Å². The maximum Gasteiger partial charge on any atom is 0.274 e. The van der Waals surface area contributed by atoms with Crippen LogP contribution in [0.1, 0.15) is 10.5 Å². The number of hydrogen-bond acceptors (Lipinski definition) is 4. The van der Waals surface area contributed by atoms with Crippen molar-refractivity contribution < 1.29 is 14.3 Å². The second-order valence-corrected chi connectivity index (χ2v) is 3.77. The van der Waals surface area contributed by atoms with Crippen molar-refractivity contribution in [3.05, 3.63) is 48.3 Å². The molecule has 19 heavy (non-hydrogen) atoms. The number of aromatic nitrogens is 1. The molecule has 2 rings (SSSR count). The highest BCUT2D eigenvalue weighted by Gasteiger charge is 2.08. The summed E-state index contributed by atoms with van der Waals surface area (Å²) in [5.74, 6) is 0.933. The highest BCUT2D eigenvalue weighted by atomic mass is 16.5. The Morgan fingerprint density at radius 3 is 2.32 bits per heavy atom. The number of rotatable bonds is 4. The van der Waals surface area contributed by atoms with Gasteiger partial charge in [0.05, 0.1) is 14.2 Å². The van der Waals surface area contributed by atoms with E-state index in [4.69, 9.17) is 9.47 Å². The van der Waals surface area contributed by atoms with Crippen LogP contribution in [0.5, 0.6) is 11.5 Å².